The third kappa shape index (κ3) is 4.83. The Morgan fingerprint density at radius 3 is 2.36 bits per heavy atom. The van der Waals surface area contributed by atoms with Crippen molar-refractivity contribution in [2.24, 2.45) is 5.92 Å². The van der Waals surface area contributed by atoms with Crippen LogP contribution in [0.25, 0.3) is 11.1 Å². The average Bonchev–Trinajstić information content (AvgIpc) is 3.54. The van der Waals surface area contributed by atoms with Crippen molar-refractivity contribution < 1.29 is 32.3 Å². The fraction of sp³-hybridized carbons (Fsp3) is 0.174. The smallest absolute Gasteiger partial charge is 0.433 e. The lowest BCUT2D eigenvalue weighted by Gasteiger charge is -2.13. The summed E-state index contributed by atoms with van der Waals surface area (Å²) in [4.78, 5) is 27.6. The molecule has 1 heterocycles. The number of alkyl halides is 3. The number of aromatic nitrogens is 1. The van der Waals surface area contributed by atoms with E-state index in [1.165, 1.54) is 0 Å². The summed E-state index contributed by atoms with van der Waals surface area (Å²) in [7, 11) is 0. The third-order valence-electron chi connectivity index (χ3n) is 5.36. The molecule has 3 aromatic rings. The highest BCUT2D eigenvalue weighted by molar-refractivity contribution is 6.30. The van der Waals surface area contributed by atoms with Gasteiger partial charge in [-0.1, -0.05) is 29.8 Å². The Bertz CT molecular complexity index is 1230. The predicted octanol–water partition coefficient (Wildman–Crippen LogP) is 6.00. The van der Waals surface area contributed by atoms with E-state index in [9.17, 15) is 32.3 Å². The second-order valence-corrected chi connectivity index (χ2v) is 8.04. The number of carboxylic acid groups (broad SMARTS) is 1. The Balaban J connectivity index is 1.57. The number of hydrogen-bond donors (Lipinski definition) is 2. The highest BCUT2D eigenvalue weighted by Gasteiger charge is 2.44. The van der Waals surface area contributed by atoms with Crippen LogP contribution in [0.4, 0.5) is 23.2 Å². The number of benzene rings is 2. The van der Waals surface area contributed by atoms with Crippen LogP contribution in [0.15, 0.2) is 54.7 Å². The number of aromatic carboxylic acids is 1. The molecule has 2 N–H and O–H groups in total. The van der Waals surface area contributed by atoms with E-state index in [1.54, 1.807) is 12.1 Å². The molecule has 1 aliphatic carbocycles. The molecule has 0 unspecified atom stereocenters. The minimum absolute atomic E-state index is 0.0245. The zero-order chi connectivity index (χ0) is 23.9. The van der Waals surface area contributed by atoms with Gasteiger partial charge in [-0.15, -0.1) is 0 Å². The summed E-state index contributed by atoms with van der Waals surface area (Å²) in [5.41, 5.74) is -1.40. The fourth-order valence-corrected chi connectivity index (χ4v) is 3.77. The zero-order valence-electron chi connectivity index (χ0n) is 16.7. The van der Waals surface area contributed by atoms with E-state index in [1.807, 2.05) is 12.1 Å². The van der Waals surface area contributed by atoms with Crippen molar-refractivity contribution in [1.82, 2.24) is 4.98 Å². The number of pyridine rings is 1. The number of amides is 1. The highest BCUT2D eigenvalue weighted by Crippen LogP contribution is 2.48. The van der Waals surface area contributed by atoms with Crippen molar-refractivity contribution in [2.75, 3.05) is 5.32 Å². The van der Waals surface area contributed by atoms with Crippen LogP contribution in [-0.2, 0) is 11.0 Å². The second kappa shape index (κ2) is 8.47. The van der Waals surface area contributed by atoms with Gasteiger partial charge >= 0.3 is 12.1 Å². The van der Waals surface area contributed by atoms with E-state index < -0.39 is 40.7 Å². The summed E-state index contributed by atoms with van der Waals surface area (Å²) in [6.07, 6.45) is -3.35. The molecule has 0 radical (unpaired) electrons. The van der Waals surface area contributed by atoms with Crippen molar-refractivity contribution in [3.05, 3.63) is 82.4 Å². The fourth-order valence-electron chi connectivity index (χ4n) is 3.65. The molecule has 0 bridgehead atoms. The molecule has 1 aromatic heterocycles. The summed E-state index contributed by atoms with van der Waals surface area (Å²) < 4.78 is 53.1. The van der Waals surface area contributed by atoms with Gasteiger partial charge in [0, 0.05) is 34.0 Å². The minimum atomic E-state index is -4.69. The van der Waals surface area contributed by atoms with Crippen molar-refractivity contribution >= 4 is 29.2 Å². The van der Waals surface area contributed by atoms with Crippen molar-refractivity contribution in [2.45, 2.75) is 18.5 Å². The number of carbonyl (C=O) groups is 2. The number of hydrogen-bond acceptors (Lipinski definition) is 3. The number of carboxylic acids is 1. The van der Waals surface area contributed by atoms with E-state index in [0.29, 0.717) is 17.5 Å². The Morgan fingerprint density at radius 1 is 1.09 bits per heavy atom. The average molecular weight is 479 g/mol. The first-order valence-corrected chi connectivity index (χ1v) is 10.1. The van der Waals surface area contributed by atoms with Gasteiger partial charge in [-0.3, -0.25) is 9.78 Å². The lowest BCUT2D eigenvalue weighted by Crippen LogP contribution is -2.16. The van der Waals surface area contributed by atoms with Crippen LogP contribution < -0.4 is 5.32 Å². The Morgan fingerprint density at radius 2 is 1.79 bits per heavy atom. The maximum absolute atomic E-state index is 14.9. The number of anilines is 1. The lowest BCUT2D eigenvalue weighted by molar-refractivity contribution is -0.141. The molecule has 10 heteroatoms. The van der Waals surface area contributed by atoms with Gasteiger partial charge in [0.05, 0.1) is 5.56 Å². The molecule has 4 rings (SSSR count). The third-order valence-corrected chi connectivity index (χ3v) is 5.61. The number of nitrogens with zero attached hydrogens (tertiary/aromatic N) is 1. The Hall–Kier alpha value is -3.46. The van der Waals surface area contributed by atoms with Crippen LogP contribution in [0, 0.1) is 11.7 Å². The van der Waals surface area contributed by atoms with E-state index in [-0.39, 0.29) is 23.1 Å². The number of carbonyl (C=O) groups excluding carboxylic acids is 1. The summed E-state index contributed by atoms with van der Waals surface area (Å²) >= 11 is 5.87. The Labute approximate surface area is 190 Å². The predicted molar refractivity (Wildman–Crippen MR) is 113 cm³/mol. The van der Waals surface area contributed by atoms with Gasteiger partial charge < -0.3 is 10.4 Å². The molecular formula is C23H15ClF4N2O3. The summed E-state index contributed by atoms with van der Waals surface area (Å²) in [5, 5.41) is 12.6. The molecule has 5 nitrogen and oxygen atoms in total. The quantitative estimate of drug-likeness (QED) is 0.441. The zero-order valence-corrected chi connectivity index (χ0v) is 17.4. The summed E-state index contributed by atoms with van der Waals surface area (Å²) in [6, 6.07) is 10.6. The highest BCUT2D eigenvalue weighted by atomic mass is 35.5. The monoisotopic (exact) mass is 478 g/mol. The van der Waals surface area contributed by atoms with Crippen molar-refractivity contribution in [1.29, 1.82) is 0 Å². The van der Waals surface area contributed by atoms with Crippen LogP contribution in [0.2, 0.25) is 5.02 Å². The molecule has 2 atom stereocenters. The van der Waals surface area contributed by atoms with Crippen LogP contribution >= 0.6 is 11.6 Å². The minimum Gasteiger partial charge on any atom is -0.478 e. The number of nitrogens with one attached hydrogen (secondary N) is 1. The lowest BCUT2D eigenvalue weighted by atomic mass is 9.99. The largest absolute Gasteiger partial charge is 0.478 e. The maximum Gasteiger partial charge on any atom is 0.433 e. The van der Waals surface area contributed by atoms with Gasteiger partial charge in [-0.25, -0.2) is 9.18 Å². The van der Waals surface area contributed by atoms with Gasteiger partial charge in [0.15, 0.2) is 0 Å². The first-order chi connectivity index (χ1) is 15.5. The van der Waals surface area contributed by atoms with Gasteiger partial charge in [-0.05, 0) is 48.2 Å². The molecule has 1 fully saturated rings. The Kier molecular flexibility index (Phi) is 5.84. The van der Waals surface area contributed by atoms with Gasteiger partial charge in [-0.2, -0.15) is 13.2 Å². The molecule has 1 amide bonds. The molecular weight excluding hydrogens is 464 g/mol. The number of rotatable bonds is 5. The van der Waals surface area contributed by atoms with Gasteiger partial charge in [0.2, 0.25) is 5.91 Å². The van der Waals surface area contributed by atoms with E-state index in [0.717, 1.165) is 30.0 Å². The summed E-state index contributed by atoms with van der Waals surface area (Å²) in [6.45, 7) is 0. The molecule has 0 spiro atoms. The van der Waals surface area contributed by atoms with Crippen LogP contribution in [-0.4, -0.2) is 22.0 Å². The van der Waals surface area contributed by atoms with E-state index in [4.69, 9.17) is 11.6 Å². The van der Waals surface area contributed by atoms with E-state index in [2.05, 4.69) is 10.3 Å². The van der Waals surface area contributed by atoms with Gasteiger partial charge in [0.1, 0.15) is 11.5 Å². The normalized spacial score (nSPS) is 17.5. The molecule has 33 heavy (non-hydrogen) atoms. The topological polar surface area (TPSA) is 79.3 Å². The van der Waals surface area contributed by atoms with Crippen LogP contribution in [0.3, 0.4) is 0 Å². The molecule has 170 valence electrons. The van der Waals surface area contributed by atoms with E-state index >= 15 is 0 Å². The van der Waals surface area contributed by atoms with Gasteiger partial charge in [0.25, 0.3) is 0 Å². The first kappa shape index (κ1) is 22.7. The van der Waals surface area contributed by atoms with Crippen LogP contribution in [0.5, 0.6) is 0 Å². The van der Waals surface area contributed by atoms with Crippen molar-refractivity contribution in [3.63, 3.8) is 0 Å². The standard InChI is InChI=1S/C23H15ClF4N2O3/c24-13-4-1-11(2-5-13)15-9-16(15)21(31)30-14-7-17(22(32)33)20(18(25)8-14)12-3-6-19(29-10-12)23(26,27)28/h1-8,10,15-16H,9H2,(H,30,31)(H,32,33)/t15-,16+/m0/s1. The SMILES string of the molecule is O=C(O)c1cc(NC(=O)[C@@H]2C[C@H]2c2ccc(Cl)cc2)cc(F)c1-c1ccc(C(F)(F)F)nc1. The molecule has 0 saturated heterocycles. The molecule has 1 saturated carbocycles. The number of halogens is 5. The molecule has 1 aliphatic rings. The maximum atomic E-state index is 14.9. The second-order valence-electron chi connectivity index (χ2n) is 7.61. The molecule has 2 aromatic carbocycles. The van der Waals surface area contributed by atoms with Crippen LogP contribution in [0.1, 0.15) is 34.0 Å². The molecule has 0 aliphatic heterocycles. The van der Waals surface area contributed by atoms with Crippen molar-refractivity contribution in [3.8, 4) is 11.1 Å². The summed E-state index contributed by atoms with van der Waals surface area (Å²) in [5.74, 6) is -3.30. The first-order valence-electron chi connectivity index (χ1n) is 9.71.